The fraction of sp³-hybridized carbons (Fsp3) is 0.463. The van der Waals surface area contributed by atoms with E-state index in [1.54, 1.807) is 25.9 Å². The summed E-state index contributed by atoms with van der Waals surface area (Å²) in [4.78, 5) is 32.4. The summed E-state index contributed by atoms with van der Waals surface area (Å²) in [5.41, 5.74) is 3.02. The minimum atomic E-state index is -1.87. The van der Waals surface area contributed by atoms with Gasteiger partial charge < -0.3 is 33.9 Å². The van der Waals surface area contributed by atoms with E-state index in [4.69, 9.17) is 70.1 Å². The topological polar surface area (TPSA) is 98.8 Å². The van der Waals surface area contributed by atoms with Crippen LogP contribution >= 0.6 is 46.4 Å². The molecule has 1 saturated carbocycles. The van der Waals surface area contributed by atoms with Gasteiger partial charge in [-0.05, 0) is 118 Å². The van der Waals surface area contributed by atoms with Crippen molar-refractivity contribution >= 4 is 64.0 Å². The van der Waals surface area contributed by atoms with Crippen molar-refractivity contribution < 1.29 is 33.3 Å². The Hall–Kier alpha value is -3.54. The zero-order valence-electron chi connectivity index (χ0n) is 31.6. The Morgan fingerprint density at radius 2 is 1.45 bits per heavy atom. The van der Waals surface area contributed by atoms with Crippen LogP contribution in [0.1, 0.15) is 49.8 Å². The number of methoxy groups -OCH3 is 1. The fourth-order valence-corrected chi connectivity index (χ4v) is 7.19. The normalized spacial score (nSPS) is 18.5. The van der Waals surface area contributed by atoms with Crippen LogP contribution in [0.25, 0.3) is 5.57 Å². The molecule has 3 aliphatic rings. The summed E-state index contributed by atoms with van der Waals surface area (Å²) in [6.07, 6.45) is 1.53. The lowest BCUT2D eigenvalue weighted by molar-refractivity contribution is -0.129. The Morgan fingerprint density at radius 1 is 0.855 bits per heavy atom. The van der Waals surface area contributed by atoms with Crippen molar-refractivity contribution in [1.29, 1.82) is 0 Å². The smallest absolute Gasteiger partial charge is 0.411 e. The molecule has 2 fully saturated rings. The summed E-state index contributed by atoms with van der Waals surface area (Å²) in [7, 11) is 1.61. The first-order valence-electron chi connectivity index (χ1n) is 18.4. The van der Waals surface area contributed by atoms with Gasteiger partial charge in [0, 0.05) is 24.7 Å². The number of benzene rings is 3. The zero-order chi connectivity index (χ0) is 39.5. The lowest BCUT2D eigenvalue weighted by Gasteiger charge is -2.48. The number of alkyl halides is 3. The van der Waals surface area contributed by atoms with Gasteiger partial charge in [-0.3, -0.25) is 9.69 Å². The highest BCUT2D eigenvalue weighted by molar-refractivity contribution is 6.68. The summed E-state index contributed by atoms with van der Waals surface area (Å²) in [6.45, 7) is 9.23. The van der Waals surface area contributed by atoms with Gasteiger partial charge in [-0.1, -0.05) is 58.5 Å². The Morgan fingerprint density at radius 3 is 2.09 bits per heavy atom. The zero-order valence-corrected chi connectivity index (χ0v) is 34.7. The fourth-order valence-electron chi connectivity index (χ4n) is 6.80. The maximum atomic E-state index is 14.9. The summed E-state index contributed by atoms with van der Waals surface area (Å²) in [6, 6.07) is 17.9. The van der Waals surface area contributed by atoms with E-state index < -0.39 is 21.5 Å². The van der Waals surface area contributed by atoms with E-state index in [2.05, 4.69) is 5.32 Å². The molecule has 6 rings (SSSR count). The minimum Gasteiger partial charge on any atom is -0.497 e. The Kier molecular flexibility index (Phi) is 12.9. The molecular formula is C41H47Cl4N3O7. The predicted octanol–water partition coefficient (Wildman–Crippen LogP) is 8.58. The summed E-state index contributed by atoms with van der Waals surface area (Å²) in [5.74, 6) is 2.52. The number of piperazine rings is 1. The number of hydrogen-bond donors (Lipinski definition) is 1. The van der Waals surface area contributed by atoms with E-state index in [9.17, 15) is 9.59 Å². The first-order valence-corrected chi connectivity index (χ1v) is 19.9. The van der Waals surface area contributed by atoms with Gasteiger partial charge >= 0.3 is 6.09 Å². The second-order valence-electron chi connectivity index (χ2n) is 14.5. The maximum absolute atomic E-state index is 14.9. The molecule has 2 aliphatic heterocycles. The number of carbonyl (C=O) groups excluding carboxylic acids is 2. The Labute approximate surface area is 342 Å². The van der Waals surface area contributed by atoms with Gasteiger partial charge in [0.15, 0.2) is 5.60 Å². The molecule has 3 aromatic carbocycles. The minimum absolute atomic E-state index is 0.0652. The second-order valence-corrected chi connectivity index (χ2v) is 17.2. The standard InChI is InChI=1S/C41H47Cl4N3O7/c1-25-20-34(42)36(21-26(25)2)54-19-18-53-31-10-6-27(7-11-31)33-22-29-23-46-24-35(48(29)39(50)55-40(3,4)41(43,44)45)37(33)38(49)47(28-8-9-28)16-17-52-32-14-12-30(51-5)13-15-32/h6-7,10-15,20-21,28-29,35,46H,8-9,16-19,22-24H2,1-5H3. The first kappa shape index (κ1) is 41.1. The molecule has 2 unspecified atom stereocenters. The van der Waals surface area contributed by atoms with Gasteiger partial charge in [-0.2, -0.15) is 0 Å². The highest BCUT2D eigenvalue weighted by atomic mass is 35.6. The third-order valence-electron chi connectivity index (χ3n) is 10.3. The van der Waals surface area contributed by atoms with E-state index in [-0.39, 0.29) is 24.6 Å². The number of nitrogens with one attached hydrogen (secondary N) is 1. The SMILES string of the molecule is COc1ccc(OCCN(C(=O)C2=C(c3ccc(OCCOc4cc(C)c(C)cc4Cl)cc3)CC3CNCC2N3C(=O)OC(C)(C)C(Cl)(Cl)Cl)C2CC2)cc1. The molecule has 2 bridgehead atoms. The van der Waals surface area contributed by atoms with Crippen LogP contribution in [0.3, 0.4) is 0 Å². The Balaban J connectivity index is 1.24. The van der Waals surface area contributed by atoms with Crippen LogP contribution < -0.4 is 24.3 Å². The van der Waals surface area contributed by atoms with Gasteiger partial charge in [0.05, 0.1) is 30.8 Å². The van der Waals surface area contributed by atoms with Crippen LogP contribution in [0, 0.1) is 13.8 Å². The van der Waals surface area contributed by atoms with Crippen LogP contribution in [0.5, 0.6) is 23.0 Å². The molecule has 1 N–H and O–H groups in total. The number of halogens is 4. The maximum Gasteiger partial charge on any atom is 0.411 e. The third kappa shape index (κ3) is 9.71. The molecule has 0 aromatic heterocycles. The summed E-state index contributed by atoms with van der Waals surface area (Å²) >= 11 is 25.0. The number of amides is 2. The van der Waals surface area contributed by atoms with E-state index in [0.717, 1.165) is 40.9 Å². The average molecular weight is 836 g/mol. The van der Waals surface area contributed by atoms with Crippen LogP contribution in [0.4, 0.5) is 4.79 Å². The summed E-state index contributed by atoms with van der Waals surface area (Å²) in [5, 5.41) is 3.99. The van der Waals surface area contributed by atoms with Crippen molar-refractivity contribution in [3.8, 4) is 23.0 Å². The monoisotopic (exact) mass is 833 g/mol. The van der Waals surface area contributed by atoms with Gasteiger partial charge in [0.1, 0.15) is 42.8 Å². The van der Waals surface area contributed by atoms with Gasteiger partial charge in [-0.15, -0.1) is 0 Å². The molecule has 0 spiro atoms. The molecule has 1 saturated heterocycles. The molecule has 296 valence electrons. The van der Waals surface area contributed by atoms with Gasteiger partial charge in [0.25, 0.3) is 5.91 Å². The number of carbonyl (C=O) groups is 2. The van der Waals surface area contributed by atoms with Gasteiger partial charge in [0.2, 0.25) is 3.79 Å². The van der Waals surface area contributed by atoms with Crippen molar-refractivity contribution in [3.05, 3.63) is 87.9 Å². The molecule has 0 radical (unpaired) electrons. The third-order valence-corrected chi connectivity index (χ3v) is 11.9. The largest absolute Gasteiger partial charge is 0.497 e. The summed E-state index contributed by atoms with van der Waals surface area (Å²) < 4.78 is 27.2. The van der Waals surface area contributed by atoms with Crippen LogP contribution in [0.15, 0.2) is 66.2 Å². The number of fused-ring (bicyclic) bond motifs is 2. The number of nitrogens with zero attached hydrogens (tertiary/aromatic N) is 2. The van der Waals surface area contributed by atoms with Crippen molar-refractivity contribution in [2.75, 3.05) is 46.6 Å². The molecule has 2 amide bonds. The Bertz CT molecular complexity index is 1880. The van der Waals surface area contributed by atoms with E-state index in [0.29, 0.717) is 67.1 Å². The van der Waals surface area contributed by atoms with Crippen molar-refractivity contribution in [2.24, 2.45) is 0 Å². The first-order chi connectivity index (χ1) is 26.2. The highest BCUT2D eigenvalue weighted by Gasteiger charge is 2.50. The van der Waals surface area contributed by atoms with Crippen LogP contribution in [-0.2, 0) is 9.53 Å². The van der Waals surface area contributed by atoms with E-state index in [1.807, 2.05) is 79.4 Å². The quantitative estimate of drug-likeness (QED) is 0.128. The molecule has 2 heterocycles. The predicted molar refractivity (Wildman–Crippen MR) is 216 cm³/mol. The molecular weight excluding hydrogens is 788 g/mol. The lowest BCUT2D eigenvalue weighted by Crippen LogP contribution is -2.64. The van der Waals surface area contributed by atoms with Gasteiger partial charge in [-0.25, -0.2) is 4.79 Å². The number of aryl methyl sites for hydroxylation is 2. The lowest BCUT2D eigenvalue weighted by atomic mass is 9.82. The molecule has 3 aromatic rings. The van der Waals surface area contributed by atoms with Crippen molar-refractivity contribution in [3.63, 3.8) is 0 Å². The number of hydrogen-bond acceptors (Lipinski definition) is 8. The van der Waals surface area contributed by atoms with E-state index in [1.165, 1.54) is 0 Å². The molecule has 14 heteroatoms. The average Bonchev–Trinajstić information content (AvgIpc) is 3.98. The molecule has 1 aliphatic carbocycles. The van der Waals surface area contributed by atoms with Crippen LogP contribution in [0.2, 0.25) is 5.02 Å². The number of ether oxygens (including phenoxy) is 5. The molecule has 55 heavy (non-hydrogen) atoms. The molecule has 10 nitrogen and oxygen atoms in total. The van der Waals surface area contributed by atoms with Crippen molar-refractivity contribution in [2.45, 2.75) is 74.5 Å². The van der Waals surface area contributed by atoms with Crippen LogP contribution in [-0.4, -0.2) is 95.9 Å². The van der Waals surface area contributed by atoms with Crippen molar-refractivity contribution in [1.82, 2.24) is 15.1 Å². The number of rotatable bonds is 14. The highest BCUT2D eigenvalue weighted by Crippen LogP contribution is 2.43. The molecule has 2 atom stereocenters. The van der Waals surface area contributed by atoms with E-state index >= 15 is 0 Å². The second kappa shape index (κ2) is 17.3.